The van der Waals surface area contributed by atoms with Crippen LogP contribution in [0.1, 0.15) is 56.9 Å². The molecule has 3 aliphatic rings. The van der Waals surface area contributed by atoms with Gasteiger partial charge in [0.2, 0.25) is 12.7 Å². The molecule has 2 aliphatic carbocycles. The molecule has 1 amide bonds. The van der Waals surface area contributed by atoms with Crippen LogP contribution in [-0.2, 0) is 10.2 Å². The lowest BCUT2D eigenvalue weighted by Gasteiger charge is -2.22. The molecule has 0 aromatic heterocycles. The molecule has 1 aromatic rings. The number of carbonyl (C=O) groups is 1. The minimum atomic E-state index is -0.326. The Hall–Kier alpha value is -1.71. The van der Waals surface area contributed by atoms with Crippen LogP contribution in [0.4, 0.5) is 0 Å². The number of rotatable bonds is 3. The summed E-state index contributed by atoms with van der Waals surface area (Å²) in [7, 11) is 0. The summed E-state index contributed by atoms with van der Waals surface area (Å²) in [5.41, 5.74) is 0.746. The molecule has 1 aliphatic heterocycles. The zero-order valence-electron chi connectivity index (χ0n) is 12.9. The summed E-state index contributed by atoms with van der Waals surface area (Å²) >= 11 is 0. The zero-order valence-corrected chi connectivity index (χ0v) is 12.9. The highest BCUT2D eigenvalue weighted by Gasteiger charge is 2.52. The fourth-order valence-electron chi connectivity index (χ4n) is 3.71. The first-order valence-corrected chi connectivity index (χ1v) is 8.49. The molecule has 1 heterocycles. The van der Waals surface area contributed by atoms with E-state index in [0.29, 0.717) is 6.04 Å². The average molecular weight is 301 g/mol. The molecular weight excluding hydrogens is 278 g/mol. The fourth-order valence-corrected chi connectivity index (χ4v) is 3.71. The van der Waals surface area contributed by atoms with E-state index in [4.69, 9.17) is 9.47 Å². The van der Waals surface area contributed by atoms with Gasteiger partial charge in [-0.05, 0) is 43.4 Å². The number of nitrogens with one attached hydrogen (secondary N) is 1. The maximum atomic E-state index is 12.8. The molecule has 2 saturated carbocycles. The van der Waals surface area contributed by atoms with Gasteiger partial charge in [0.25, 0.3) is 0 Å². The summed E-state index contributed by atoms with van der Waals surface area (Å²) in [6, 6.07) is 6.30. The molecule has 1 N–H and O–H groups in total. The van der Waals surface area contributed by atoms with Crippen LogP contribution in [0, 0.1) is 0 Å². The summed E-state index contributed by atoms with van der Waals surface area (Å²) in [5.74, 6) is 1.76. The van der Waals surface area contributed by atoms with Crippen LogP contribution < -0.4 is 14.8 Å². The Bertz CT molecular complexity index is 572. The predicted octanol–water partition coefficient (Wildman–Crippen LogP) is 3.29. The zero-order chi connectivity index (χ0) is 15.0. The lowest BCUT2D eigenvalue weighted by atomic mass is 9.93. The lowest BCUT2D eigenvalue weighted by molar-refractivity contribution is -0.124. The van der Waals surface area contributed by atoms with E-state index in [1.807, 2.05) is 18.2 Å². The number of benzene rings is 1. The highest BCUT2D eigenvalue weighted by molar-refractivity contribution is 5.91. The van der Waals surface area contributed by atoms with E-state index < -0.39 is 0 Å². The van der Waals surface area contributed by atoms with Crippen molar-refractivity contribution >= 4 is 5.91 Å². The van der Waals surface area contributed by atoms with Crippen molar-refractivity contribution < 1.29 is 14.3 Å². The van der Waals surface area contributed by atoms with Gasteiger partial charge in [-0.2, -0.15) is 0 Å². The van der Waals surface area contributed by atoms with Crippen molar-refractivity contribution in [3.63, 3.8) is 0 Å². The van der Waals surface area contributed by atoms with Crippen LogP contribution >= 0.6 is 0 Å². The van der Waals surface area contributed by atoms with Crippen LogP contribution in [0.5, 0.6) is 11.5 Å². The average Bonchev–Trinajstić information content (AvgIpc) is 3.27. The van der Waals surface area contributed by atoms with Gasteiger partial charge in [0.1, 0.15) is 0 Å². The van der Waals surface area contributed by atoms with Crippen LogP contribution in [-0.4, -0.2) is 18.7 Å². The number of hydrogen-bond donors (Lipinski definition) is 1. The summed E-state index contributed by atoms with van der Waals surface area (Å²) in [4.78, 5) is 12.8. The topological polar surface area (TPSA) is 47.6 Å². The molecule has 4 heteroatoms. The molecule has 0 spiro atoms. The molecule has 0 atom stereocenters. The third-order valence-electron chi connectivity index (χ3n) is 5.30. The van der Waals surface area contributed by atoms with Gasteiger partial charge < -0.3 is 14.8 Å². The molecule has 0 unspecified atom stereocenters. The minimum absolute atomic E-state index is 0.207. The Labute approximate surface area is 131 Å². The molecule has 0 bridgehead atoms. The molecule has 2 fully saturated rings. The van der Waals surface area contributed by atoms with Crippen molar-refractivity contribution in [2.45, 2.75) is 62.8 Å². The first kappa shape index (κ1) is 13.9. The van der Waals surface area contributed by atoms with Gasteiger partial charge in [-0.3, -0.25) is 4.79 Å². The Morgan fingerprint density at radius 2 is 1.77 bits per heavy atom. The first-order chi connectivity index (χ1) is 10.8. The molecule has 4 nitrogen and oxygen atoms in total. The standard InChI is InChI=1S/C18H23NO3/c20-17(19-14-5-3-1-2-4-6-14)18(9-10-18)13-7-8-15-16(11-13)22-12-21-15/h7-8,11,14H,1-6,9-10,12H2,(H,19,20). The number of amides is 1. The van der Waals surface area contributed by atoms with Crippen LogP contribution in [0.2, 0.25) is 0 Å². The summed E-state index contributed by atoms with van der Waals surface area (Å²) in [5, 5.41) is 3.32. The summed E-state index contributed by atoms with van der Waals surface area (Å²) in [6.45, 7) is 0.278. The van der Waals surface area contributed by atoms with E-state index in [9.17, 15) is 4.79 Å². The van der Waals surface area contributed by atoms with Gasteiger partial charge in [-0.25, -0.2) is 0 Å². The molecule has 4 rings (SSSR count). The Balaban J connectivity index is 1.49. The molecule has 0 saturated heterocycles. The van der Waals surface area contributed by atoms with Crippen LogP contribution in [0.3, 0.4) is 0 Å². The number of fused-ring (bicyclic) bond motifs is 1. The maximum absolute atomic E-state index is 12.8. The second-order valence-electron chi connectivity index (χ2n) is 6.81. The van der Waals surface area contributed by atoms with E-state index in [1.165, 1.54) is 25.7 Å². The molecular formula is C18H23NO3. The van der Waals surface area contributed by atoms with E-state index in [1.54, 1.807) is 0 Å². The highest BCUT2D eigenvalue weighted by atomic mass is 16.7. The van der Waals surface area contributed by atoms with E-state index in [2.05, 4.69) is 5.32 Å². The smallest absolute Gasteiger partial charge is 0.231 e. The number of carbonyl (C=O) groups excluding carboxylic acids is 1. The van der Waals surface area contributed by atoms with Crippen molar-refractivity contribution in [1.82, 2.24) is 5.32 Å². The third kappa shape index (κ3) is 2.44. The highest BCUT2D eigenvalue weighted by Crippen LogP contribution is 2.50. The van der Waals surface area contributed by atoms with E-state index >= 15 is 0 Å². The fraction of sp³-hybridized carbons (Fsp3) is 0.611. The monoisotopic (exact) mass is 301 g/mol. The number of ether oxygens (including phenoxy) is 2. The third-order valence-corrected chi connectivity index (χ3v) is 5.30. The second kappa shape index (κ2) is 5.49. The molecule has 22 heavy (non-hydrogen) atoms. The van der Waals surface area contributed by atoms with Crippen LogP contribution in [0.15, 0.2) is 18.2 Å². The SMILES string of the molecule is O=C(NC1CCCCCC1)C1(c2ccc3c(c2)OCO3)CC1. The minimum Gasteiger partial charge on any atom is -0.454 e. The quantitative estimate of drug-likeness (QED) is 0.872. The summed E-state index contributed by atoms with van der Waals surface area (Å²) < 4.78 is 10.8. The van der Waals surface area contributed by atoms with Gasteiger partial charge in [0, 0.05) is 6.04 Å². The van der Waals surface area contributed by atoms with Gasteiger partial charge in [-0.15, -0.1) is 0 Å². The maximum Gasteiger partial charge on any atom is 0.231 e. The van der Waals surface area contributed by atoms with E-state index in [0.717, 1.165) is 42.7 Å². The van der Waals surface area contributed by atoms with E-state index in [-0.39, 0.29) is 18.1 Å². The molecule has 0 radical (unpaired) electrons. The Morgan fingerprint density at radius 1 is 1.05 bits per heavy atom. The van der Waals surface area contributed by atoms with Crippen molar-refractivity contribution in [2.75, 3.05) is 6.79 Å². The Kier molecular flexibility index (Phi) is 3.47. The van der Waals surface area contributed by atoms with Crippen LogP contribution in [0.25, 0.3) is 0 Å². The molecule has 1 aromatic carbocycles. The van der Waals surface area contributed by atoms with Gasteiger partial charge in [0.05, 0.1) is 5.41 Å². The lowest BCUT2D eigenvalue weighted by Crippen LogP contribution is -2.41. The van der Waals surface area contributed by atoms with Crippen molar-refractivity contribution in [3.8, 4) is 11.5 Å². The van der Waals surface area contributed by atoms with Crippen molar-refractivity contribution in [1.29, 1.82) is 0 Å². The normalized spacial score (nSPS) is 22.9. The Morgan fingerprint density at radius 3 is 2.50 bits per heavy atom. The number of hydrogen-bond acceptors (Lipinski definition) is 3. The largest absolute Gasteiger partial charge is 0.454 e. The van der Waals surface area contributed by atoms with Gasteiger partial charge in [-0.1, -0.05) is 31.7 Å². The second-order valence-corrected chi connectivity index (χ2v) is 6.81. The van der Waals surface area contributed by atoms with Crippen molar-refractivity contribution in [3.05, 3.63) is 23.8 Å². The first-order valence-electron chi connectivity index (χ1n) is 8.49. The molecule has 118 valence electrons. The van der Waals surface area contributed by atoms with Crippen molar-refractivity contribution in [2.24, 2.45) is 0 Å². The van der Waals surface area contributed by atoms with Gasteiger partial charge in [0.15, 0.2) is 11.5 Å². The predicted molar refractivity (Wildman–Crippen MR) is 83.1 cm³/mol. The van der Waals surface area contributed by atoms with Gasteiger partial charge >= 0.3 is 0 Å². The summed E-state index contributed by atoms with van der Waals surface area (Å²) in [6.07, 6.45) is 9.21.